The van der Waals surface area contributed by atoms with E-state index in [-0.39, 0.29) is 5.91 Å². The van der Waals surface area contributed by atoms with Gasteiger partial charge in [0.15, 0.2) is 0 Å². The molecule has 0 atom stereocenters. The zero-order chi connectivity index (χ0) is 8.10. The monoisotopic (exact) mass is 153 g/mol. The Morgan fingerprint density at radius 2 is 2.27 bits per heavy atom. The normalized spacial score (nSPS) is 16.7. The van der Waals surface area contributed by atoms with Crippen LogP contribution in [0.15, 0.2) is 4.99 Å². The van der Waals surface area contributed by atoms with E-state index in [1.54, 1.807) is 0 Å². The molecule has 11 heavy (non-hydrogen) atoms. The molecule has 0 aliphatic heterocycles. The molecule has 0 unspecified atom stereocenters. The van der Waals surface area contributed by atoms with Gasteiger partial charge >= 0.3 is 0 Å². The van der Waals surface area contributed by atoms with Crippen LogP contribution in [0.1, 0.15) is 32.1 Å². The quantitative estimate of drug-likeness (QED) is 0.454. The van der Waals surface area contributed by atoms with Crippen LogP contribution in [0.3, 0.4) is 0 Å². The molecule has 60 valence electrons. The number of hydrogen-bond donors (Lipinski definition) is 0. The number of aliphatic imine (C=N–C) groups is 1. The summed E-state index contributed by atoms with van der Waals surface area (Å²) in [6.45, 7) is 0. The maximum atomic E-state index is 10.7. The van der Waals surface area contributed by atoms with E-state index >= 15 is 0 Å². The second-order valence-corrected chi connectivity index (χ2v) is 2.93. The SMILES string of the molecule is O=C=NC(=O)CCC1CCC1. The van der Waals surface area contributed by atoms with Crippen molar-refractivity contribution in [2.24, 2.45) is 10.9 Å². The van der Waals surface area contributed by atoms with Crippen LogP contribution in [0.4, 0.5) is 0 Å². The summed E-state index contributed by atoms with van der Waals surface area (Å²) in [5.74, 6) is 0.382. The molecule has 1 fully saturated rings. The Morgan fingerprint density at radius 1 is 1.55 bits per heavy atom. The van der Waals surface area contributed by atoms with Gasteiger partial charge in [-0.05, 0) is 12.3 Å². The second-order valence-electron chi connectivity index (χ2n) is 2.93. The summed E-state index contributed by atoms with van der Waals surface area (Å²) in [7, 11) is 0. The summed E-state index contributed by atoms with van der Waals surface area (Å²) in [5.41, 5.74) is 0. The Hall–Kier alpha value is -0.950. The molecule has 1 rings (SSSR count). The third-order valence-electron chi connectivity index (χ3n) is 2.16. The van der Waals surface area contributed by atoms with Crippen LogP contribution >= 0.6 is 0 Å². The van der Waals surface area contributed by atoms with Gasteiger partial charge in [0.05, 0.1) is 0 Å². The summed E-state index contributed by atoms with van der Waals surface area (Å²) in [6, 6.07) is 0. The van der Waals surface area contributed by atoms with E-state index in [4.69, 9.17) is 0 Å². The molecule has 0 aromatic carbocycles. The first-order valence-electron chi connectivity index (χ1n) is 3.93. The van der Waals surface area contributed by atoms with E-state index in [1.807, 2.05) is 0 Å². The Labute approximate surface area is 65.5 Å². The molecule has 0 aromatic heterocycles. The lowest BCUT2D eigenvalue weighted by Crippen LogP contribution is -2.11. The first-order chi connectivity index (χ1) is 5.33. The average Bonchev–Trinajstić information content (AvgIpc) is 1.85. The predicted octanol–water partition coefficient (Wildman–Crippen LogP) is 1.43. The summed E-state index contributed by atoms with van der Waals surface area (Å²) >= 11 is 0. The molecule has 3 nitrogen and oxygen atoms in total. The Morgan fingerprint density at radius 3 is 2.73 bits per heavy atom. The molecule has 0 N–H and O–H groups in total. The smallest absolute Gasteiger partial charge is 0.256 e. The Kier molecular flexibility index (Phi) is 2.99. The lowest BCUT2D eigenvalue weighted by atomic mass is 9.82. The van der Waals surface area contributed by atoms with Crippen LogP contribution in [0.5, 0.6) is 0 Å². The van der Waals surface area contributed by atoms with Gasteiger partial charge in [-0.25, -0.2) is 4.79 Å². The zero-order valence-corrected chi connectivity index (χ0v) is 6.38. The van der Waals surface area contributed by atoms with Crippen molar-refractivity contribution in [2.75, 3.05) is 0 Å². The van der Waals surface area contributed by atoms with Crippen LogP contribution < -0.4 is 0 Å². The maximum Gasteiger partial charge on any atom is 0.256 e. The van der Waals surface area contributed by atoms with E-state index in [2.05, 4.69) is 4.99 Å². The minimum atomic E-state index is -0.327. The van der Waals surface area contributed by atoms with Gasteiger partial charge in [0, 0.05) is 6.42 Å². The van der Waals surface area contributed by atoms with Crippen molar-refractivity contribution in [3.05, 3.63) is 0 Å². The van der Waals surface area contributed by atoms with Gasteiger partial charge in [-0.1, -0.05) is 19.3 Å². The molecule has 1 aliphatic carbocycles. The fourth-order valence-electron chi connectivity index (χ4n) is 1.22. The van der Waals surface area contributed by atoms with Crippen molar-refractivity contribution in [1.82, 2.24) is 0 Å². The maximum absolute atomic E-state index is 10.7. The summed E-state index contributed by atoms with van der Waals surface area (Å²) < 4.78 is 0. The highest BCUT2D eigenvalue weighted by molar-refractivity contribution is 5.81. The number of amides is 1. The third kappa shape index (κ3) is 2.64. The predicted molar refractivity (Wildman–Crippen MR) is 39.7 cm³/mol. The molecule has 3 heteroatoms. The lowest BCUT2D eigenvalue weighted by Gasteiger charge is -2.24. The zero-order valence-electron chi connectivity index (χ0n) is 6.38. The summed E-state index contributed by atoms with van der Waals surface area (Å²) in [4.78, 5) is 23.3. The van der Waals surface area contributed by atoms with Crippen LogP contribution in [-0.2, 0) is 9.59 Å². The Bertz CT molecular complexity index is 190. The molecular formula is C8H11NO2. The molecule has 0 aromatic rings. The van der Waals surface area contributed by atoms with E-state index in [9.17, 15) is 9.59 Å². The van der Waals surface area contributed by atoms with Crippen LogP contribution in [0.2, 0.25) is 0 Å². The molecule has 0 radical (unpaired) electrons. The number of nitrogens with zero attached hydrogens (tertiary/aromatic N) is 1. The molecular weight excluding hydrogens is 142 g/mol. The Balaban J connectivity index is 2.10. The van der Waals surface area contributed by atoms with Gasteiger partial charge in [-0.15, -0.1) is 4.99 Å². The van der Waals surface area contributed by atoms with Gasteiger partial charge in [0.25, 0.3) is 5.91 Å². The van der Waals surface area contributed by atoms with E-state index in [0.29, 0.717) is 12.3 Å². The number of rotatable bonds is 3. The highest BCUT2D eigenvalue weighted by atomic mass is 16.2. The third-order valence-corrected chi connectivity index (χ3v) is 2.16. The van der Waals surface area contributed by atoms with Crippen molar-refractivity contribution in [3.63, 3.8) is 0 Å². The van der Waals surface area contributed by atoms with Gasteiger partial charge in [-0.3, -0.25) is 4.79 Å². The molecule has 1 saturated carbocycles. The summed E-state index contributed by atoms with van der Waals surface area (Å²) in [6.07, 6.45) is 6.32. The molecule has 0 bridgehead atoms. The van der Waals surface area contributed by atoms with Crippen molar-refractivity contribution < 1.29 is 9.59 Å². The van der Waals surface area contributed by atoms with Crippen LogP contribution in [0, 0.1) is 5.92 Å². The molecule has 0 spiro atoms. The molecule has 0 saturated heterocycles. The van der Waals surface area contributed by atoms with E-state index in [1.165, 1.54) is 25.3 Å². The van der Waals surface area contributed by atoms with Gasteiger partial charge in [0.1, 0.15) is 0 Å². The molecule has 1 aliphatic rings. The van der Waals surface area contributed by atoms with Crippen molar-refractivity contribution in [1.29, 1.82) is 0 Å². The molecule has 1 amide bonds. The second kappa shape index (κ2) is 4.04. The minimum absolute atomic E-state index is 0.327. The van der Waals surface area contributed by atoms with Gasteiger partial charge < -0.3 is 0 Å². The van der Waals surface area contributed by atoms with E-state index < -0.39 is 0 Å². The standard InChI is InChI=1S/C8H11NO2/c10-6-9-8(11)5-4-7-2-1-3-7/h7H,1-5H2. The number of isocyanates is 1. The van der Waals surface area contributed by atoms with Crippen LogP contribution in [0.25, 0.3) is 0 Å². The van der Waals surface area contributed by atoms with Crippen LogP contribution in [-0.4, -0.2) is 12.0 Å². The molecule has 0 heterocycles. The first-order valence-corrected chi connectivity index (χ1v) is 3.93. The van der Waals surface area contributed by atoms with Crippen molar-refractivity contribution in [3.8, 4) is 0 Å². The van der Waals surface area contributed by atoms with Gasteiger partial charge in [-0.2, -0.15) is 0 Å². The fraction of sp³-hybridized carbons (Fsp3) is 0.750. The van der Waals surface area contributed by atoms with Crippen molar-refractivity contribution >= 4 is 12.0 Å². The summed E-state index contributed by atoms with van der Waals surface area (Å²) in [5, 5.41) is 0. The largest absolute Gasteiger partial charge is 0.272 e. The number of carbonyl (C=O) groups excluding carboxylic acids is 2. The minimum Gasteiger partial charge on any atom is -0.272 e. The average molecular weight is 153 g/mol. The number of carbonyl (C=O) groups is 1. The number of hydrogen-bond acceptors (Lipinski definition) is 2. The highest BCUT2D eigenvalue weighted by Gasteiger charge is 2.17. The lowest BCUT2D eigenvalue weighted by molar-refractivity contribution is -0.118. The van der Waals surface area contributed by atoms with Crippen molar-refractivity contribution in [2.45, 2.75) is 32.1 Å². The highest BCUT2D eigenvalue weighted by Crippen LogP contribution is 2.30. The van der Waals surface area contributed by atoms with Gasteiger partial charge in [0.2, 0.25) is 6.08 Å². The fourth-order valence-corrected chi connectivity index (χ4v) is 1.22. The topological polar surface area (TPSA) is 46.5 Å². The van der Waals surface area contributed by atoms with E-state index in [0.717, 1.165) is 6.42 Å². The first kappa shape index (κ1) is 8.15.